The van der Waals surface area contributed by atoms with E-state index < -0.39 is 11.6 Å². The van der Waals surface area contributed by atoms with Gasteiger partial charge in [0.1, 0.15) is 24.0 Å². The summed E-state index contributed by atoms with van der Waals surface area (Å²) in [7, 11) is 0. The molecule has 0 unspecified atom stereocenters. The minimum Gasteiger partial charge on any atom is -0.489 e. The monoisotopic (exact) mass is 278 g/mol. The highest BCUT2D eigenvalue weighted by atomic mass is 19.1. The minimum atomic E-state index is -0.692. The summed E-state index contributed by atoms with van der Waals surface area (Å²) in [6.07, 6.45) is 0. The molecule has 0 fully saturated rings. The first kappa shape index (κ1) is 13.8. The summed E-state index contributed by atoms with van der Waals surface area (Å²) in [5.74, 6) is -1.27. The van der Waals surface area contributed by atoms with Crippen molar-refractivity contribution in [2.45, 2.75) is 6.61 Å². The molecule has 0 aliphatic carbocycles. The van der Waals surface area contributed by atoms with Gasteiger partial charge in [0.25, 0.3) is 0 Å². The number of halogens is 2. The summed E-state index contributed by atoms with van der Waals surface area (Å²) in [5, 5.41) is 11.4. The van der Waals surface area contributed by atoms with Crippen LogP contribution in [0.1, 0.15) is 11.1 Å². The highest BCUT2D eigenvalue weighted by molar-refractivity contribution is 5.96. The Morgan fingerprint density at radius 2 is 1.70 bits per heavy atom. The first-order chi connectivity index (χ1) is 9.58. The second-order valence-corrected chi connectivity index (χ2v) is 4.08. The normalized spacial score (nSPS) is 11.4. The molecule has 0 aromatic heterocycles. The van der Waals surface area contributed by atoms with E-state index in [-0.39, 0.29) is 18.2 Å². The summed E-state index contributed by atoms with van der Waals surface area (Å²) in [6, 6.07) is 9.71. The Morgan fingerprint density at radius 1 is 1.10 bits per heavy atom. The fourth-order valence-corrected chi connectivity index (χ4v) is 1.61. The van der Waals surface area contributed by atoms with Crippen LogP contribution in [0.3, 0.4) is 0 Å². The SMILES string of the molecule is NC(=NO)c1ccc(COc2cc(F)cc(F)c2)cc1. The molecule has 2 aromatic rings. The Bertz CT molecular complexity index is 607. The summed E-state index contributed by atoms with van der Waals surface area (Å²) in [6.45, 7) is 0.152. The molecule has 0 spiro atoms. The molecule has 20 heavy (non-hydrogen) atoms. The van der Waals surface area contributed by atoms with Gasteiger partial charge in [-0.1, -0.05) is 29.4 Å². The lowest BCUT2D eigenvalue weighted by Crippen LogP contribution is -2.12. The highest BCUT2D eigenvalue weighted by Gasteiger charge is 2.03. The maximum Gasteiger partial charge on any atom is 0.170 e. The third kappa shape index (κ3) is 3.44. The van der Waals surface area contributed by atoms with Crippen molar-refractivity contribution in [1.82, 2.24) is 0 Å². The van der Waals surface area contributed by atoms with E-state index in [1.165, 1.54) is 0 Å². The predicted octanol–water partition coefficient (Wildman–Crippen LogP) is 2.64. The zero-order chi connectivity index (χ0) is 14.5. The Morgan fingerprint density at radius 3 is 2.25 bits per heavy atom. The molecular weight excluding hydrogens is 266 g/mol. The molecule has 0 atom stereocenters. The van der Waals surface area contributed by atoms with Crippen LogP contribution >= 0.6 is 0 Å². The maximum atomic E-state index is 13.0. The smallest absolute Gasteiger partial charge is 0.170 e. The van der Waals surface area contributed by atoms with Gasteiger partial charge in [-0.2, -0.15) is 0 Å². The quantitative estimate of drug-likeness (QED) is 0.391. The molecule has 104 valence electrons. The highest BCUT2D eigenvalue weighted by Crippen LogP contribution is 2.17. The van der Waals surface area contributed by atoms with E-state index in [0.29, 0.717) is 5.56 Å². The van der Waals surface area contributed by atoms with Crippen LogP contribution < -0.4 is 10.5 Å². The topological polar surface area (TPSA) is 67.8 Å². The molecule has 0 radical (unpaired) electrons. The fourth-order valence-electron chi connectivity index (χ4n) is 1.61. The third-order valence-electron chi connectivity index (χ3n) is 2.60. The zero-order valence-electron chi connectivity index (χ0n) is 10.4. The first-order valence-corrected chi connectivity index (χ1v) is 5.74. The Hall–Kier alpha value is -2.63. The molecule has 0 saturated carbocycles. The molecule has 0 aliphatic heterocycles. The largest absolute Gasteiger partial charge is 0.489 e. The van der Waals surface area contributed by atoms with Gasteiger partial charge in [0, 0.05) is 23.8 Å². The Kier molecular flexibility index (Phi) is 4.14. The summed E-state index contributed by atoms with van der Waals surface area (Å²) in [5.41, 5.74) is 6.77. The third-order valence-corrected chi connectivity index (χ3v) is 2.60. The van der Waals surface area contributed by atoms with Gasteiger partial charge < -0.3 is 15.7 Å². The van der Waals surface area contributed by atoms with Crippen molar-refractivity contribution in [3.05, 3.63) is 65.2 Å². The minimum absolute atomic E-state index is 0.00432. The summed E-state index contributed by atoms with van der Waals surface area (Å²) < 4.78 is 31.2. The molecule has 6 heteroatoms. The molecule has 0 saturated heterocycles. The van der Waals surface area contributed by atoms with Crippen LogP contribution in [0.4, 0.5) is 8.78 Å². The zero-order valence-corrected chi connectivity index (χ0v) is 10.4. The second kappa shape index (κ2) is 6.01. The number of nitrogens with zero attached hydrogens (tertiary/aromatic N) is 1. The fraction of sp³-hybridized carbons (Fsp3) is 0.0714. The van der Waals surface area contributed by atoms with Crippen LogP contribution in [0.2, 0.25) is 0 Å². The van der Waals surface area contributed by atoms with Crippen LogP contribution in [0.5, 0.6) is 5.75 Å². The number of oxime groups is 1. The maximum absolute atomic E-state index is 13.0. The molecule has 0 aliphatic rings. The molecule has 3 N–H and O–H groups in total. The van der Waals surface area contributed by atoms with E-state index >= 15 is 0 Å². The van der Waals surface area contributed by atoms with Crippen LogP contribution in [-0.2, 0) is 6.61 Å². The molecule has 0 heterocycles. The van der Waals surface area contributed by atoms with E-state index in [2.05, 4.69) is 5.16 Å². The molecule has 0 bridgehead atoms. The second-order valence-electron chi connectivity index (χ2n) is 4.08. The van der Waals surface area contributed by atoms with Crippen LogP contribution in [0, 0.1) is 11.6 Å². The average Bonchev–Trinajstić information content (AvgIpc) is 2.44. The molecule has 4 nitrogen and oxygen atoms in total. The van der Waals surface area contributed by atoms with Crippen molar-refractivity contribution in [3.63, 3.8) is 0 Å². The lowest BCUT2D eigenvalue weighted by Gasteiger charge is -2.07. The van der Waals surface area contributed by atoms with Crippen molar-refractivity contribution < 1.29 is 18.7 Å². The molecule has 0 amide bonds. The summed E-state index contributed by atoms with van der Waals surface area (Å²) in [4.78, 5) is 0. The van der Waals surface area contributed by atoms with E-state index in [4.69, 9.17) is 15.7 Å². The number of hydrogen-bond acceptors (Lipinski definition) is 3. The van der Waals surface area contributed by atoms with Gasteiger partial charge in [0.15, 0.2) is 5.84 Å². The van der Waals surface area contributed by atoms with Crippen molar-refractivity contribution in [2.75, 3.05) is 0 Å². The van der Waals surface area contributed by atoms with Gasteiger partial charge in [-0.05, 0) is 5.56 Å². The van der Waals surface area contributed by atoms with Gasteiger partial charge in [0.2, 0.25) is 0 Å². The lowest BCUT2D eigenvalue weighted by atomic mass is 10.1. The van der Waals surface area contributed by atoms with Crippen LogP contribution in [-0.4, -0.2) is 11.0 Å². The van der Waals surface area contributed by atoms with Gasteiger partial charge in [0.05, 0.1) is 0 Å². The van der Waals surface area contributed by atoms with Crippen molar-refractivity contribution in [1.29, 1.82) is 0 Å². The molecule has 2 aromatic carbocycles. The van der Waals surface area contributed by atoms with Crippen LogP contribution in [0.15, 0.2) is 47.6 Å². The van der Waals surface area contributed by atoms with Gasteiger partial charge in [-0.15, -0.1) is 0 Å². The lowest BCUT2D eigenvalue weighted by molar-refractivity contribution is 0.302. The first-order valence-electron chi connectivity index (χ1n) is 5.74. The predicted molar refractivity (Wildman–Crippen MR) is 69.6 cm³/mol. The molecule has 2 rings (SSSR count). The van der Waals surface area contributed by atoms with E-state index in [1.54, 1.807) is 24.3 Å². The van der Waals surface area contributed by atoms with Gasteiger partial charge in [-0.3, -0.25) is 0 Å². The standard InChI is InChI=1S/C14H12F2N2O2/c15-11-5-12(16)7-13(6-11)20-8-9-1-3-10(4-2-9)14(17)18-19/h1-7,19H,8H2,(H2,17,18). The van der Waals surface area contributed by atoms with Gasteiger partial charge >= 0.3 is 0 Å². The van der Waals surface area contributed by atoms with Crippen molar-refractivity contribution in [2.24, 2.45) is 10.9 Å². The number of ether oxygens (including phenoxy) is 1. The van der Waals surface area contributed by atoms with Gasteiger partial charge in [-0.25, -0.2) is 8.78 Å². The number of nitrogens with two attached hydrogens (primary N) is 1. The van der Waals surface area contributed by atoms with E-state index in [1.807, 2.05) is 0 Å². The number of amidine groups is 1. The summed E-state index contributed by atoms with van der Waals surface area (Å²) >= 11 is 0. The molecular formula is C14H12F2N2O2. The van der Waals surface area contributed by atoms with E-state index in [0.717, 1.165) is 23.8 Å². The van der Waals surface area contributed by atoms with Crippen LogP contribution in [0.25, 0.3) is 0 Å². The average molecular weight is 278 g/mol. The number of rotatable bonds is 4. The number of hydrogen-bond donors (Lipinski definition) is 2. The van der Waals surface area contributed by atoms with Crippen molar-refractivity contribution in [3.8, 4) is 5.75 Å². The Balaban J connectivity index is 2.04. The number of benzene rings is 2. The van der Waals surface area contributed by atoms with Crippen molar-refractivity contribution >= 4 is 5.84 Å². The van der Waals surface area contributed by atoms with E-state index in [9.17, 15) is 8.78 Å². The Labute approximate surface area is 114 Å².